The molecule has 0 spiro atoms. The number of hydrogen-bond donors (Lipinski definition) is 2. The van der Waals surface area contributed by atoms with E-state index in [0.29, 0.717) is 0 Å². The molecule has 26 heavy (non-hydrogen) atoms. The van der Waals surface area contributed by atoms with Crippen molar-refractivity contribution in [2.75, 3.05) is 23.3 Å². The van der Waals surface area contributed by atoms with Crippen LogP contribution >= 0.6 is 0 Å². The number of piperidine rings is 1. The molecule has 1 aliphatic heterocycles. The second kappa shape index (κ2) is 7.02. The van der Waals surface area contributed by atoms with Gasteiger partial charge in [-0.3, -0.25) is 0 Å². The highest BCUT2D eigenvalue weighted by Crippen LogP contribution is 2.45. The average molecular weight is 349 g/mol. The minimum absolute atomic E-state index is 0.133. The second-order valence-electron chi connectivity index (χ2n) is 7.74. The fourth-order valence-electron chi connectivity index (χ4n) is 3.77. The van der Waals surface area contributed by atoms with E-state index in [2.05, 4.69) is 46.7 Å². The van der Waals surface area contributed by atoms with Gasteiger partial charge in [-0.1, -0.05) is 37.3 Å². The van der Waals surface area contributed by atoms with Gasteiger partial charge in [0.25, 0.3) is 0 Å². The largest absolute Gasteiger partial charge is 0.372 e. The molecule has 4 nitrogen and oxygen atoms in total. The fraction of sp³-hybridized carbons (Fsp3) is 0.409. The van der Waals surface area contributed by atoms with Gasteiger partial charge in [-0.15, -0.1) is 0 Å². The van der Waals surface area contributed by atoms with Gasteiger partial charge in [0.05, 0.1) is 5.54 Å². The number of hydrogen-bond acceptors (Lipinski definition) is 2. The van der Waals surface area contributed by atoms with Crippen molar-refractivity contribution < 1.29 is 4.79 Å². The van der Waals surface area contributed by atoms with Crippen molar-refractivity contribution in [3.63, 3.8) is 0 Å². The zero-order valence-corrected chi connectivity index (χ0v) is 15.4. The summed E-state index contributed by atoms with van der Waals surface area (Å²) < 4.78 is 0. The molecule has 2 aromatic rings. The number of rotatable bonds is 4. The molecule has 0 aromatic heterocycles. The SMILES string of the molecule is CC1CCN(c2ccc(NC(=O)NC3(c4ccccc4)CC3)cc2)CC1. The molecule has 2 fully saturated rings. The number of nitrogens with zero attached hydrogens (tertiary/aromatic N) is 1. The Morgan fingerprint density at radius 2 is 1.65 bits per heavy atom. The highest BCUT2D eigenvalue weighted by atomic mass is 16.2. The maximum Gasteiger partial charge on any atom is 0.319 e. The number of carbonyl (C=O) groups excluding carboxylic acids is 1. The molecule has 0 unspecified atom stereocenters. The maximum atomic E-state index is 12.4. The van der Waals surface area contributed by atoms with Crippen molar-refractivity contribution in [1.82, 2.24) is 5.32 Å². The molecule has 2 aliphatic rings. The zero-order chi connectivity index (χ0) is 18.0. The van der Waals surface area contributed by atoms with Crippen LogP contribution in [-0.4, -0.2) is 19.1 Å². The maximum absolute atomic E-state index is 12.4. The highest BCUT2D eigenvalue weighted by Gasteiger charge is 2.45. The molecule has 1 heterocycles. The lowest BCUT2D eigenvalue weighted by Crippen LogP contribution is -2.38. The lowest BCUT2D eigenvalue weighted by Gasteiger charge is -2.32. The summed E-state index contributed by atoms with van der Waals surface area (Å²) in [6, 6.07) is 18.3. The predicted octanol–water partition coefficient (Wildman–Crippen LogP) is 4.73. The second-order valence-corrected chi connectivity index (χ2v) is 7.74. The molecule has 1 aliphatic carbocycles. The first-order valence-corrected chi connectivity index (χ1v) is 9.64. The third-order valence-corrected chi connectivity index (χ3v) is 5.70. The van der Waals surface area contributed by atoms with Crippen LogP contribution in [0, 0.1) is 5.92 Å². The predicted molar refractivity (Wildman–Crippen MR) is 107 cm³/mol. The minimum Gasteiger partial charge on any atom is -0.372 e. The molecule has 4 heteroatoms. The molecule has 1 saturated heterocycles. The zero-order valence-electron chi connectivity index (χ0n) is 15.4. The van der Waals surface area contributed by atoms with Crippen molar-refractivity contribution in [1.29, 1.82) is 0 Å². The lowest BCUT2D eigenvalue weighted by atomic mass is 9.99. The summed E-state index contributed by atoms with van der Waals surface area (Å²) in [4.78, 5) is 14.9. The van der Waals surface area contributed by atoms with E-state index in [1.165, 1.54) is 24.1 Å². The van der Waals surface area contributed by atoms with E-state index in [9.17, 15) is 4.79 Å². The molecule has 2 amide bonds. The Kier molecular flexibility index (Phi) is 4.58. The average Bonchev–Trinajstić information content (AvgIpc) is 3.44. The third kappa shape index (κ3) is 3.69. The molecular weight excluding hydrogens is 322 g/mol. The molecule has 0 atom stereocenters. The van der Waals surface area contributed by atoms with Crippen LogP contribution in [0.15, 0.2) is 54.6 Å². The summed E-state index contributed by atoms with van der Waals surface area (Å²) in [5.41, 5.74) is 3.08. The van der Waals surface area contributed by atoms with Crippen LogP contribution in [0.4, 0.5) is 16.2 Å². The van der Waals surface area contributed by atoms with E-state index in [1.807, 2.05) is 30.3 Å². The van der Waals surface area contributed by atoms with Crippen LogP contribution in [0.25, 0.3) is 0 Å². The van der Waals surface area contributed by atoms with E-state index < -0.39 is 0 Å². The monoisotopic (exact) mass is 349 g/mol. The Labute approximate surface area is 155 Å². The first kappa shape index (κ1) is 17.0. The summed E-state index contributed by atoms with van der Waals surface area (Å²) >= 11 is 0. The summed E-state index contributed by atoms with van der Waals surface area (Å²) in [5.74, 6) is 0.829. The normalized spacial score (nSPS) is 19.0. The standard InChI is InChI=1S/C22H27N3O/c1-17-11-15-25(16-12-17)20-9-7-19(8-10-20)23-21(26)24-22(13-14-22)18-5-3-2-4-6-18/h2-10,17H,11-16H2,1H3,(H2,23,24,26). The number of urea groups is 1. The molecule has 2 aromatic carbocycles. The summed E-state index contributed by atoms with van der Waals surface area (Å²) in [5, 5.41) is 6.13. The van der Waals surface area contributed by atoms with Gasteiger partial charge in [-0.2, -0.15) is 0 Å². The summed E-state index contributed by atoms with van der Waals surface area (Å²) in [6.45, 7) is 4.56. The van der Waals surface area contributed by atoms with Gasteiger partial charge in [0.2, 0.25) is 0 Å². The number of carbonyl (C=O) groups is 1. The van der Waals surface area contributed by atoms with E-state index in [0.717, 1.165) is 37.5 Å². The van der Waals surface area contributed by atoms with E-state index in [-0.39, 0.29) is 11.6 Å². The quantitative estimate of drug-likeness (QED) is 0.838. The van der Waals surface area contributed by atoms with E-state index >= 15 is 0 Å². The Balaban J connectivity index is 1.35. The van der Waals surface area contributed by atoms with E-state index in [1.54, 1.807) is 0 Å². The molecular formula is C22H27N3O. The Morgan fingerprint density at radius 3 is 2.27 bits per heavy atom. The highest BCUT2D eigenvalue weighted by molar-refractivity contribution is 5.90. The van der Waals surface area contributed by atoms with Crippen LogP contribution in [0.3, 0.4) is 0 Å². The van der Waals surface area contributed by atoms with Gasteiger partial charge in [-0.05, 0) is 61.4 Å². The fourth-order valence-corrected chi connectivity index (χ4v) is 3.77. The van der Waals surface area contributed by atoms with Crippen LogP contribution in [0.1, 0.15) is 38.2 Å². The topological polar surface area (TPSA) is 44.4 Å². The van der Waals surface area contributed by atoms with Gasteiger partial charge in [-0.25, -0.2) is 4.79 Å². The molecule has 1 saturated carbocycles. The lowest BCUT2D eigenvalue weighted by molar-refractivity contribution is 0.247. The number of anilines is 2. The Bertz CT molecular complexity index is 745. The van der Waals surface area contributed by atoms with Gasteiger partial charge in [0.1, 0.15) is 0 Å². The molecule has 136 valence electrons. The van der Waals surface area contributed by atoms with Crippen molar-refractivity contribution in [2.45, 2.75) is 38.1 Å². The summed E-state index contributed by atoms with van der Waals surface area (Å²) in [7, 11) is 0. The number of amides is 2. The van der Waals surface area contributed by atoms with Gasteiger partial charge < -0.3 is 15.5 Å². The number of benzene rings is 2. The Morgan fingerprint density at radius 1 is 1.00 bits per heavy atom. The smallest absolute Gasteiger partial charge is 0.319 e. The van der Waals surface area contributed by atoms with Crippen LogP contribution in [0.2, 0.25) is 0 Å². The molecule has 2 N–H and O–H groups in total. The minimum atomic E-state index is -0.185. The third-order valence-electron chi connectivity index (χ3n) is 5.70. The van der Waals surface area contributed by atoms with Crippen molar-refractivity contribution >= 4 is 17.4 Å². The van der Waals surface area contributed by atoms with Crippen molar-refractivity contribution in [3.8, 4) is 0 Å². The van der Waals surface area contributed by atoms with Crippen molar-refractivity contribution in [3.05, 3.63) is 60.2 Å². The number of nitrogens with one attached hydrogen (secondary N) is 2. The molecule has 4 rings (SSSR count). The van der Waals surface area contributed by atoms with Crippen LogP contribution in [-0.2, 0) is 5.54 Å². The first-order valence-electron chi connectivity index (χ1n) is 9.64. The van der Waals surface area contributed by atoms with Gasteiger partial charge in [0.15, 0.2) is 0 Å². The van der Waals surface area contributed by atoms with Crippen molar-refractivity contribution in [2.24, 2.45) is 5.92 Å². The van der Waals surface area contributed by atoms with Crippen LogP contribution < -0.4 is 15.5 Å². The van der Waals surface area contributed by atoms with E-state index in [4.69, 9.17) is 0 Å². The van der Waals surface area contributed by atoms with Crippen LogP contribution in [0.5, 0.6) is 0 Å². The first-order chi connectivity index (χ1) is 12.6. The van der Waals surface area contributed by atoms with Gasteiger partial charge in [0, 0.05) is 24.5 Å². The molecule has 0 radical (unpaired) electrons. The molecule has 0 bridgehead atoms. The summed E-state index contributed by atoms with van der Waals surface area (Å²) in [6.07, 6.45) is 4.50. The van der Waals surface area contributed by atoms with Gasteiger partial charge >= 0.3 is 6.03 Å². The Hall–Kier alpha value is -2.49.